The molecule has 2 aromatic rings. The van der Waals surface area contributed by atoms with E-state index >= 15 is 0 Å². The summed E-state index contributed by atoms with van der Waals surface area (Å²) >= 11 is 1.02. The maximum atomic E-state index is 12.6. The number of aromatic nitrogens is 2. The second-order valence-corrected chi connectivity index (χ2v) is 5.09. The number of para-hydroxylation sites is 2. The molecular weight excluding hydrogens is 293 g/mol. The zero-order valence-corrected chi connectivity index (χ0v) is 11.0. The van der Waals surface area contributed by atoms with Gasteiger partial charge in [0.2, 0.25) is 0 Å². The molecule has 0 unspecified atom stereocenters. The molecule has 0 bridgehead atoms. The summed E-state index contributed by atoms with van der Waals surface area (Å²) in [6.45, 7) is -1.13. The highest BCUT2D eigenvalue weighted by atomic mass is 32.2. The topological polar surface area (TPSA) is 55.1 Å². The first-order valence-electron chi connectivity index (χ1n) is 5.67. The fraction of sp³-hybridized carbons (Fsp3) is 0.333. The zero-order chi connectivity index (χ0) is 14.8. The van der Waals surface area contributed by atoms with Crippen molar-refractivity contribution >= 4 is 28.8 Å². The van der Waals surface area contributed by atoms with Gasteiger partial charge in [0, 0.05) is 0 Å². The number of carbonyl (C=O) groups is 1. The van der Waals surface area contributed by atoms with Crippen molar-refractivity contribution < 1.29 is 23.1 Å². The van der Waals surface area contributed by atoms with Gasteiger partial charge in [-0.1, -0.05) is 12.1 Å². The van der Waals surface area contributed by atoms with Crippen LogP contribution in [0.5, 0.6) is 0 Å². The number of hydrogen-bond acceptors (Lipinski definition) is 3. The van der Waals surface area contributed by atoms with Crippen molar-refractivity contribution in [3.8, 4) is 0 Å². The van der Waals surface area contributed by atoms with Crippen LogP contribution in [0.4, 0.5) is 13.2 Å². The highest BCUT2D eigenvalue weighted by Gasteiger charge is 2.30. The van der Waals surface area contributed by atoms with Crippen LogP contribution in [0.15, 0.2) is 24.3 Å². The van der Waals surface area contributed by atoms with Crippen LogP contribution in [-0.4, -0.2) is 32.6 Å². The van der Waals surface area contributed by atoms with Gasteiger partial charge in [-0.15, -0.1) is 11.8 Å². The molecule has 0 saturated carbocycles. The third kappa shape index (κ3) is 3.66. The number of benzene rings is 1. The molecule has 1 aromatic heterocycles. The first kappa shape index (κ1) is 14.7. The number of carboxylic acid groups (broad SMARTS) is 1. The molecule has 1 heterocycles. The number of thioether (sulfide) groups is 1. The first-order chi connectivity index (χ1) is 9.37. The summed E-state index contributed by atoms with van der Waals surface area (Å²) in [6, 6.07) is 6.54. The van der Waals surface area contributed by atoms with Gasteiger partial charge in [0.25, 0.3) is 0 Å². The average molecular weight is 304 g/mol. The Balaban J connectivity index is 2.31. The molecule has 0 fully saturated rings. The van der Waals surface area contributed by atoms with Crippen LogP contribution >= 0.6 is 11.8 Å². The summed E-state index contributed by atoms with van der Waals surface area (Å²) in [5.41, 5.74) is 0.874. The Morgan fingerprint density at radius 2 is 2.05 bits per heavy atom. The number of aliphatic carboxylic acids is 1. The Morgan fingerprint density at radius 3 is 2.70 bits per heavy atom. The molecule has 0 amide bonds. The van der Waals surface area contributed by atoms with Gasteiger partial charge in [0.15, 0.2) is 0 Å². The van der Waals surface area contributed by atoms with E-state index in [1.54, 1.807) is 24.3 Å². The number of imidazole rings is 1. The standard InChI is InChI=1S/C12H11F3N2O2S/c13-12(14,15)7-17-9-4-2-1-3-8(9)16-10(17)5-20-6-11(18)19/h1-4H,5-7H2,(H,18,19). The number of fused-ring (bicyclic) bond motifs is 1. The van der Waals surface area contributed by atoms with E-state index in [2.05, 4.69) is 4.98 Å². The van der Waals surface area contributed by atoms with Gasteiger partial charge in [0.1, 0.15) is 12.4 Å². The van der Waals surface area contributed by atoms with Crippen molar-refractivity contribution in [1.82, 2.24) is 9.55 Å². The van der Waals surface area contributed by atoms with Crippen LogP contribution in [0.3, 0.4) is 0 Å². The molecule has 1 aromatic carbocycles. The van der Waals surface area contributed by atoms with Crippen molar-refractivity contribution in [3.63, 3.8) is 0 Å². The summed E-state index contributed by atoms with van der Waals surface area (Å²) in [5.74, 6) is -0.824. The minimum absolute atomic E-state index is 0.122. The number of halogens is 3. The van der Waals surface area contributed by atoms with E-state index in [1.807, 2.05) is 0 Å². The largest absolute Gasteiger partial charge is 0.481 e. The van der Waals surface area contributed by atoms with E-state index in [-0.39, 0.29) is 17.3 Å². The molecule has 1 N–H and O–H groups in total. The van der Waals surface area contributed by atoms with Crippen molar-refractivity contribution in [1.29, 1.82) is 0 Å². The van der Waals surface area contributed by atoms with Crippen LogP contribution in [0.1, 0.15) is 5.82 Å². The van der Waals surface area contributed by atoms with Gasteiger partial charge < -0.3 is 9.67 Å². The van der Waals surface area contributed by atoms with Crippen LogP contribution in [0.2, 0.25) is 0 Å². The van der Waals surface area contributed by atoms with E-state index in [0.29, 0.717) is 11.0 Å². The fourth-order valence-corrected chi connectivity index (χ4v) is 2.50. The van der Waals surface area contributed by atoms with Crippen LogP contribution < -0.4 is 0 Å². The lowest BCUT2D eigenvalue weighted by Crippen LogP contribution is -2.19. The maximum absolute atomic E-state index is 12.6. The summed E-state index contributed by atoms with van der Waals surface area (Å²) in [5, 5.41) is 8.56. The van der Waals surface area contributed by atoms with Crippen LogP contribution in [0, 0.1) is 0 Å². The quantitative estimate of drug-likeness (QED) is 0.923. The van der Waals surface area contributed by atoms with E-state index in [4.69, 9.17) is 5.11 Å². The Hall–Kier alpha value is -1.70. The van der Waals surface area contributed by atoms with Gasteiger partial charge in [-0.05, 0) is 12.1 Å². The third-order valence-corrected chi connectivity index (χ3v) is 3.44. The maximum Gasteiger partial charge on any atom is 0.406 e. The fourth-order valence-electron chi connectivity index (χ4n) is 1.82. The van der Waals surface area contributed by atoms with Crippen molar-refractivity contribution in [2.45, 2.75) is 18.5 Å². The molecule has 0 spiro atoms. The molecule has 0 radical (unpaired) electrons. The van der Waals surface area contributed by atoms with Gasteiger partial charge in [-0.3, -0.25) is 4.79 Å². The van der Waals surface area contributed by atoms with E-state index in [1.165, 1.54) is 0 Å². The van der Waals surface area contributed by atoms with Crippen molar-refractivity contribution in [2.24, 2.45) is 0 Å². The lowest BCUT2D eigenvalue weighted by atomic mass is 10.3. The Morgan fingerprint density at radius 1 is 1.35 bits per heavy atom. The number of rotatable bonds is 5. The SMILES string of the molecule is O=C(O)CSCc1nc2ccccc2n1CC(F)(F)F. The van der Waals surface area contributed by atoms with Crippen molar-refractivity contribution in [3.05, 3.63) is 30.1 Å². The molecule has 108 valence electrons. The molecule has 20 heavy (non-hydrogen) atoms. The molecule has 8 heteroatoms. The van der Waals surface area contributed by atoms with Crippen LogP contribution in [-0.2, 0) is 17.1 Å². The highest BCUT2D eigenvalue weighted by molar-refractivity contribution is 7.99. The predicted octanol–water partition coefficient (Wildman–Crippen LogP) is 2.92. The Kier molecular flexibility index (Phi) is 4.22. The van der Waals surface area contributed by atoms with E-state index in [9.17, 15) is 18.0 Å². The molecule has 0 aliphatic carbocycles. The molecule has 0 atom stereocenters. The third-order valence-electron chi connectivity index (χ3n) is 2.53. The lowest BCUT2D eigenvalue weighted by molar-refractivity contribution is -0.140. The second kappa shape index (κ2) is 5.74. The summed E-state index contributed by atoms with van der Waals surface area (Å²) in [4.78, 5) is 14.6. The number of hydrogen-bond donors (Lipinski definition) is 1. The molecule has 2 rings (SSSR count). The number of carboxylic acids is 1. The lowest BCUT2D eigenvalue weighted by Gasteiger charge is -2.11. The second-order valence-electron chi connectivity index (χ2n) is 4.10. The minimum Gasteiger partial charge on any atom is -0.481 e. The summed E-state index contributed by atoms with van der Waals surface area (Å²) < 4.78 is 39.0. The summed E-state index contributed by atoms with van der Waals surface area (Å²) in [6.07, 6.45) is -4.35. The number of nitrogens with zero attached hydrogens (tertiary/aromatic N) is 2. The van der Waals surface area contributed by atoms with Crippen LogP contribution in [0.25, 0.3) is 11.0 Å². The molecular formula is C12H11F3N2O2S. The smallest absolute Gasteiger partial charge is 0.406 e. The van der Waals surface area contributed by atoms with E-state index < -0.39 is 18.7 Å². The zero-order valence-electron chi connectivity index (χ0n) is 10.2. The minimum atomic E-state index is -4.35. The monoisotopic (exact) mass is 304 g/mol. The Labute approximate surface area is 116 Å². The first-order valence-corrected chi connectivity index (χ1v) is 6.83. The van der Waals surface area contributed by atoms with Gasteiger partial charge in [-0.25, -0.2) is 4.98 Å². The molecule has 4 nitrogen and oxygen atoms in total. The highest BCUT2D eigenvalue weighted by Crippen LogP contribution is 2.25. The molecule has 0 saturated heterocycles. The average Bonchev–Trinajstić information content (AvgIpc) is 2.66. The molecule has 0 aliphatic heterocycles. The van der Waals surface area contributed by atoms with Crippen molar-refractivity contribution in [2.75, 3.05) is 5.75 Å². The number of alkyl halides is 3. The molecule has 0 aliphatic rings. The normalized spacial score (nSPS) is 11.9. The summed E-state index contributed by atoms with van der Waals surface area (Å²) in [7, 11) is 0. The van der Waals surface area contributed by atoms with Gasteiger partial charge >= 0.3 is 12.1 Å². The van der Waals surface area contributed by atoms with Gasteiger partial charge in [-0.2, -0.15) is 13.2 Å². The predicted molar refractivity (Wildman–Crippen MR) is 69.6 cm³/mol. The Bertz CT molecular complexity index is 625. The van der Waals surface area contributed by atoms with E-state index in [0.717, 1.165) is 16.3 Å². The van der Waals surface area contributed by atoms with Gasteiger partial charge in [0.05, 0.1) is 22.5 Å².